The lowest BCUT2D eigenvalue weighted by Crippen LogP contribution is -2.34. The van der Waals surface area contributed by atoms with E-state index in [4.69, 9.17) is 4.74 Å². The Labute approximate surface area is 131 Å². The molecule has 120 valence electrons. The van der Waals surface area contributed by atoms with E-state index in [9.17, 15) is 0 Å². The Balaban J connectivity index is 1.64. The molecule has 3 rings (SSSR count). The third-order valence-corrected chi connectivity index (χ3v) is 4.50. The van der Waals surface area contributed by atoms with Crippen molar-refractivity contribution in [3.63, 3.8) is 0 Å². The minimum absolute atomic E-state index is 0.138. The van der Waals surface area contributed by atoms with Gasteiger partial charge in [0, 0.05) is 50.3 Å². The Kier molecular flexibility index (Phi) is 4.90. The zero-order chi connectivity index (χ0) is 15.4. The number of aryl methyl sites for hydroxylation is 1. The molecular weight excluding hydrogens is 278 g/mol. The maximum Gasteiger partial charge on any atom is 0.125 e. The number of nitrogens with zero attached hydrogens (tertiary/aromatic N) is 3. The van der Waals surface area contributed by atoms with Crippen molar-refractivity contribution in [3.05, 3.63) is 36.2 Å². The van der Waals surface area contributed by atoms with Crippen molar-refractivity contribution in [2.24, 2.45) is 13.0 Å². The minimum atomic E-state index is 0.138. The molecule has 6 nitrogen and oxygen atoms in total. The second-order valence-electron chi connectivity index (χ2n) is 5.99. The van der Waals surface area contributed by atoms with Crippen molar-refractivity contribution in [3.8, 4) is 0 Å². The summed E-state index contributed by atoms with van der Waals surface area (Å²) in [6.07, 6.45) is 11.1. The molecule has 0 radical (unpaired) electrons. The van der Waals surface area contributed by atoms with Crippen LogP contribution in [-0.2, 0) is 11.8 Å². The van der Waals surface area contributed by atoms with Crippen molar-refractivity contribution < 1.29 is 4.74 Å². The maximum absolute atomic E-state index is 5.99. The average molecular weight is 303 g/mol. The number of rotatable bonds is 6. The highest BCUT2D eigenvalue weighted by Gasteiger charge is 2.29. The van der Waals surface area contributed by atoms with E-state index in [1.807, 2.05) is 31.8 Å². The van der Waals surface area contributed by atoms with E-state index < -0.39 is 0 Å². The zero-order valence-corrected chi connectivity index (χ0v) is 13.3. The summed E-state index contributed by atoms with van der Waals surface area (Å²) >= 11 is 0. The molecule has 2 aromatic rings. The predicted molar refractivity (Wildman–Crippen MR) is 84.2 cm³/mol. The molecule has 0 spiro atoms. The van der Waals surface area contributed by atoms with E-state index in [0.717, 1.165) is 37.4 Å². The van der Waals surface area contributed by atoms with E-state index in [-0.39, 0.29) is 12.1 Å². The first-order chi connectivity index (χ1) is 10.8. The molecule has 6 heteroatoms. The minimum Gasteiger partial charge on any atom is -0.373 e. The van der Waals surface area contributed by atoms with Crippen LogP contribution in [0, 0.1) is 5.92 Å². The molecule has 3 atom stereocenters. The molecule has 1 aliphatic heterocycles. The molecule has 3 heterocycles. The van der Waals surface area contributed by atoms with E-state index in [1.54, 1.807) is 0 Å². The summed E-state index contributed by atoms with van der Waals surface area (Å²) < 4.78 is 8.08. The average Bonchev–Trinajstić information content (AvgIpc) is 3.21. The van der Waals surface area contributed by atoms with Gasteiger partial charge in [-0.25, -0.2) is 4.98 Å². The third kappa shape index (κ3) is 3.23. The summed E-state index contributed by atoms with van der Waals surface area (Å²) in [5, 5.41) is 10.6. The first-order valence-electron chi connectivity index (χ1n) is 8.10. The van der Waals surface area contributed by atoms with E-state index >= 15 is 0 Å². The van der Waals surface area contributed by atoms with Crippen LogP contribution < -0.4 is 5.32 Å². The highest BCUT2D eigenvalue weighted by Crippen LogP contribution is 2.33. The van der Waals surface area contributed by atoms with Gasteiger partial charge in [0.25, 0.3) is 0 Å². The van der Waals surface area contributed by atoms with Gasteiger partial charge in [0.2, 0.25) is 0 Å². The van der Waals surface area contributed by atoms with Crippen molar-refractivity contribution in [1.29, 1.82) is 0 Å². The fourth-order valence-electron chi connectivity index (χ4n) is 3.26. The quantitative estimate of drug-likeness (QED) is 0.859. The first-order valence-corrected chi connectivity index (χ1v) is 8.10. The second kappa shape index (κ2) is 7.07. The largest absolute Gasteiger partial charge is 0.373 e. The number of aromatic amines is 1. The second-order valence-corrected chi connectivity index (χ2v) is 5.99. The van der Waals surface area contributed by atoms with Crippen LogP contribution in [0.5, 0.6) is 0 Å². The maximum atomic E-state index is 5.99. The van der Waals surface area contributed by atoms with E-state index in [0.29, 0.717) is 5.92 Å². The summed E-state index contributed by atoms with van der Waals surface area (Å²) in [4.78, 5) is 4.47. The van der Waals surface area contributed by atoms with Crippen LogP contribution in [0.15, 0.2) is 24.8 Å². The van der Waals surface area contributed by atoms with Crippen LogP contribution in [0.4, 0.5) is 0 Å². The number of hydrogen-bond acceptors (Lipinski definition) is 4. The normalized spacial score (nSPS) is 23.5. The lowest BCUT2D eigenvalue weighted by atomic mass is 9.90. The molecule has 0 saturated carbocycles. The lowest BCUT2D eigenvalue weighted by molar-refractivity contribution is -0.0286. The van der Waals surface area contributed by atoms with Gasteiger partial charge in [0.1, 0.15) is 5.82 Å². The number of H-pyrrole nitrogens is 1. The van der Waals surface area contributed by atoms with Crippen LogP contribution in [0.25, 0.3) is 0 Å². The van der Waals surface area contributed by atoms with Crippen molar-refractivity contribution >= 4 is 0 Å². The Morgan fingerprint density at radius 1 is 1.55 bits per heavy atom. The van der Waals surface area contributed by atoms with Gasteiger partial charge in [0.15, 0.2) is 0 Å². The van der Waals surface area contributed by atoms with Crippen LogP contribution in [0.2, 0.25) is 0 Å². The lowest BCUT2D eigenvalue weighted by Gasteiger charge is -2.32. The fourth-order valence-corrected chi connectivity index (χ4v) is 3.26. The first kappa shape index (κ1) is 15.2. The monoisotopic (exact) mass is 303 g/mol. The van der Waals surface area contributed by atoms with Gasteiger partial charge in [-0.05, 0) is 19.3 Å². The highest BCUT2D eigenvalue weighted by atomic mass is 16.5. The molecule has 2 N–H and O–H groups in total. The molecule has 0 aromatic carbocycles. The number of aromatic nitrogens is 4. The van der Waals surface area contributed by atoms with Crippen molar-refractivity contribution in [2.45, 2.75) is 38.3 Å². The molecule has 0 bridgehead atoms. The van der Waals surface area contributed by atoms with Gasteiger partial charge >= 0.3 is 0 Å². The van der Waals surface area contributed by atoms with Gasteiger partial charge in [-0.1, -0.05) is 6.92 Å². The van der Waals surface area contributed by atoms with Crippen LogP contribution >= 0.6 is 0 Å². The summed E-state index contributed by atoms with van der Waals surface area (Å²) in [7, 11) is 2.05. The Hall–Kier alpha value is -1.66. The molecule has 1 unspecified atom stereocenters. The topological polar surface area (TPSA) is 67.8 Å². The fraction of sp³-hybridized carbons (Fsp3) is 0.625. The Morgan fingerprint density at radius 2 is 2.45 bits per heavy atom. The molecule has 1 aliphatic rings. The van der Waals surface area contributed by atoms with Crippen LogP contribution in [0.1, 0.15) is 49.7 Å². The summed E-state index contributed by atoms with van der Waals surface area (Å²) in [5.74, 6) is 1.57. The molecular formula is C16H25N5O. The van der Waals surface area contributed by atoms with Crippen LogP contribution in [-0.4, -0.2) is 32.9 Å². The smallest absolute Gasteiger partial charge is 0.125 e. The molecule has 0 amide bonds. The van der Waals surface area contributed by atoms with Crippen molar-refractivity contribution in [2.75, 3.05) is 13.2 Å². The molecule has 2 aromatic heterocycles. The Morgan fingerprint density at radius 3 is 3.14 bits per heavy atom. The number of nitrogens with one attached hydrogen (secondary N) is 2. The summed E-state index contributed by atoms with van der Waals surface area (Å²) in [6.45, 7) is 3.96. The summed E-state index contributed by atoms with van der Waals surface area (Å²) in [6, 6.07) is 0.284. The van der Waals surface area contributed by atoms with E-state index in [2.05, 4.69) is 32.0 Å². The van der Waals surface area contributed by atoms with E-state index in [1.165, 1.54) is 6.42 Å². The van der Waals surface area contributed by atoms with Crippen LogP contribution in [0.3, 0.4) is 0 Å². The molecule has 1 saturated heterocycles. The number of imidazole rings is 1. The van der Waals surface area contributed by atoms with Gasteiger partial charge in [-0.3, -0.25) is 5.10 Å². The molecule has 1 fully saturated rings. The predicted octanol–water partition coefficient (Wildman–Crippen LogP) is 2.35. The molecule has 22 heavy (non-hydrogen) atoms. The Bertz CT molecular complexity index is 565. The third-order valence-electron chi connectivity index (χ3n) is 4.50. The zero-order valence-electron chi connectivity index (χ0n) is 13.3. The highest BCUT2D eigenvalue weighted by molar-refractivity contribution is 5.10. The SMILES string of the molecule is CCC(NC[C@@H]1CCCO[C@H]1c1cn[nH]c1)c1nccn1C. The number of hydrogen-bond donors (Lipinski definition) is 2. The number of ether oxygens (including phenoxy) is 1. The van der Waals surface area contributed by atoms with Gasteiger partial charge in [-0.15, -0.1) is 0 Å². The summed E-state index contributed by atoms with van der Waals surface area (Å²) in [5.41, 5.74) is 1.15. The van der Waals surface area contributed by atoms with Gasteiger partial charge in [0.05, 0.1) is 18.3 Å². The van der Waals surface area contributed by atoms with Gasteiger partial charge < -0.3 is 14.6 Å². The molecule has 0 aliphatic carbocycles. The standard InChI is InChI=1S/C16H25N5O/c1-3-14(16-17-6-7-21(16)2)18-9-12-5-4-8-22-15(12)13-10-19-20-11-13/h6-7,10-12,14-15,18H,3-5,8-9H2,1-2H3,(H,19,20)/t12-,14?,15+/m0/s1. The van der Waals surface area contributed by atoms with Crippen molar-refractivity contribution in [1.82, 2.24) is 25.1 Å². The van der Waals surface area contributed by atoms with Gasteiger partial charge in [-0.2, -0.15) is 5.10 Å².